The van der Waals surface area contributed by atoms with Crippen molar-refractivity contribution in [2.45, 2.75) is 0 Å². The highest BCUT2D eigenvalue weighted by atomic mass is 79.9. The Morgan fingerprint density at radius 3 is 2.30 bits per heavy atom. The Labute approximate surface area is 138 Å². The molecule has 0 saturated heterocycles. The van der Waals surface area contributed by atoms with Gasteiger partial charge >= 0.3 is 0 Å². The fourth-order valence-corrected chi connectivity index (χ4v) is 2.09. The summed E-state index contributed by atoms with van der Waals surface area (Å²) in [7, 11) is 0. The number of halogens is 3. The van der Waals surface area contributed by atoms with E-state index >= 15 is 0 Å². The number of rotatable bonds is 4. The van der Waals surface area contributed by atoms with Crippen LogP contribution >= 0.6 is 15.9 Å². The number of nitrogens with one attached hydrogen (secondary N) is 2. The summed E-state index contributed by atoms with van der Waals surface area (Å²) in [6.07, 6.45) is 1.28. The Morgan fingerprint density at radius 1 is 0.913 bits per heavy atom. The van der Waals surface area contributed by atoms with E-state index in [0.717, 1.165) is 22.3 Å². The standard InChI is InChI=1S/C15H10BrF2N5/c16-9-4-6-10(7-5-9)20-15-22-13(8-19-23-15)21-14-11(17)2-1-3-12(14)18/h1-8H,(H2,20,21,22,23). The smallest absolute Gasteiger partial charge is 0.249 e. The fourth-order valence-electron chi connectivity index (χ4n) is 1.82. The zero-order valence-corrected chi connectivity index (χ0v) is 13.2. The minimum absolute atomic E-state index is 0.170. The van der Waals surface area contributed by atoms with Crippen molar-refractivity contribution in [3.05, 3.63) is 64.8 Å². The second-order valence-electron chi connectivity index (χ2n) is 4.52. The third kappa shape index (κ3) is 3.78. The van der Waals surface area contributed by atoms with E-state index in [1.807, 2.05) is 24.3 Å². The first kappa shape index (κ1) is 15.3. The molecule has 0 saturated carbocycles. The monoisotopic (exact) mass is 377 g/mol. The molecule has 2 N–H and O–H groups in total. The van der Waals surface area contributed by atoms with Crippen molar-refractivity contribution in [3.8, 4) is 0 Å². The molecular weight excluding hydrogens is 368 g/mol. The molecule has 116 valence electrons. The van der Waals surface area contributed by atoms with Crippen molar-refractivity contribution in [2.24, 2.45) is 0 Å². The highest BCUT2D eigenvalue weighted by Gasteiger charge is 2.10. The lowest BCUT2D eigenvalue weighted by atomic mass is 10.3. The van der Waals surface area contributed by atoms with Crippen LogP contribution < -0.4 is 10.6 Å². The normalized spacial score (nSPS) is 10.4. The van der Waals surface area contributed by atoms with Gasteiger partial charge < -0.3 is 10.6 Å². The third-order valence-electron chi connectivity index (χ3n) is 2.88. The van der Waals surface area contributed by atoms with E-state index in [9.17, 15) is 8.78 Å². The highest BCUT2D eigenvalue weighted by molar-refractivity contribution is 9.10. The van der Waals surface area contributed by atoms with Crippen molar-refractivity contribution >= 4 is 39.1 Å². The maximum atomic E-state index is 13.6. The number of aromatic nitrogens is 3. The van der Waals surface area contributed by atoms with E-state index in [1.165, 1.54) is 12.3 Å². The molecule has 1 heterocycles. The molecule has 0 fully saturated rings. The Kier molecular flexibility index (Phi) is 4.42. The van der Waals surface area contributed by atoms with Crippen LogP contribution in [-0.4, -0.2) is 15.2 Å². The van der Waals surface area contributed by atoms with Gasteiger partial charge in [-0.1, -0.05) is 22.0 Å². The van der Waals surface area contributed by atoms with Crippen LogP contribution in [0.2, 0.25) is 0 Å². The van der Waals surface area contributed by atoms with E-state index in [1.54, 1.807) is 0 Å². The Morgan fingerprint density at radius 2 is 1.61 bits per heavy atom. The van der Waals surface area contributed by atoms with E-state index in [2.05, 4.69) is 41.7 Å². The van der Waals surface area contributed by atoms with Crippen LogP contribution in [0.1, 0.15) is 0 Å². The minimum Gasteiger partial charge on any atom is -0.334 e. The first-order valence-electron chi connectivity index (χ1n) is 6.55. The van der Waals surface area contributed by atoms with Crippen molar-refractivity contribution in [3.63, 3.8) is 0 Å². The van der Waals surface area contributed by atoms with Gasteiger partial charge in [0, 0.05) is 10.2 Å². The molecule has 0 amide bonds. The lowest BCUT2D eigenvalue weighted by Crippen LogP contribution is -2.04. The Balaban J connectivity index is 1.81. The van der Waals surface area contributed by atoms with Gasteiger partial charge in [-0.25, -0.2) is 8.78 Å². The molecule has 8 heteroatoms. The summed E-state index contributed by atoms with van der Waals surface area (Å²) in [5.41, 5.74) is 0.465. The summed E-state index contributed by atoms with van der Waals surface area (Å²) in [6, 6.07) is 10.9. The number of para-hydroxylation sites is 1. The van der Waals surface area contributed by atoms with E-state index < -0.39 is 11.6 Å². The number of hydrogen-bond acceptors (Lipinski definition) is 5. The average molecular weight is 378 g/mol. The molecule has 0 unspecified atom stereocenters. The summed E-state index contributed by atoms with van der Waals surface area (Å²) in [4.78, 5) is 4.13. The van der Waals surface area contributed by atoms with E-state index in [0.29, 0.717) is 0 Å². The molecule has 0 bridgehead atoms. The van der Waals surface area contributed by atoms with Crippen LogP contribution in [0.25, 0.3) is 0 Å². The van der Waals surface area contributed by atoms with Crippen LogP contribution in [0.3, 0.4) is 0 Å². The molecule has 0 radical (unpaired) electrons. The summed E-state index contributed by atoms with van der Waals surface area (Å²) >= 11 is 3.34. The predicted octanol–water partition coefficient (Wildman–Crippen LogP) is 4.40. The summed E-state index contributed by atoms with van der Waals surface area (Å²) in [5, 5.41) is 13.1. The van der Waals surface area contributed by atoms with Gasteiger partial charge in [0.15, 0.2) is 5.82 Å². The van der Waals surface area contributed by atoms with Gasteiger partial charge in [-0.2, -0.15) is 10.1 Å². The summed E-state index contributed by atoms with van der Waals surface area (Å²) in [6.45, 7) is 0. The number of anilines is 4. The molecule has 0 spiro atoms. The van der Waals surface area contributed by atoms with Gasteiger partial charge in [0.25, 0.3) is 0 Å². The van der Waals surface area contributed by atoms with Gasteiger partial charge in [0.2, 0.25) is 5.95 Å². The quantitative estimate of drug-likeness (QED) is 0.705. The van der Waals surface area contributed by atoms with Gasteiger partial charge in [-0.05, 0) is 36.4 Å². The van der Waals surface area contributed by atoms with Gasteiger partial charge in [-0.15, -0.1) is 5.10 Å². The van der Waals surface area contributed by atoms with E-state index in [-0.39, 0.29) is 17.5 Å². The SMILES string of the molecule is Fc1cccc(F)c1Nc1cnnc(Nc2ccc(Br)cc2)n1. The Hall–Kier alpha value is -2.61. The third-order valence-corrected chi connectivity index (χ3v) is 3.40. The fraction of sp³-hybridized carbons (Fsp3) is 0. The first-order valence-corrected chi connectivity index (χ1v) is 7.34. The number of benzene rings is 2. The number of nitrogens with zero attached hydrogens (tertiary/aromatic N) is 3. The summed E-state index contributed by atoms with van der Waals surface area (Å²) < 4.78 is 28.2. The van der Waals surface area contributed by atoms with Gasteiger partial charge in [0.05, 0.1) is 6.20 Å². The molecular formula is C15H10BrF2N5. The Bertz CT molecular complexity index is 806. The maximum absolute atomic E-state index is 13.6. The zero-order chi connectivity index (χ0) is 16.2. The molecule has 23 heavy (non-hydrogen) atoms. The van der Waals surface area contributed by atoms with Crippen molar-refractivity contribution in [1.82, 2.24) is 15.2 Å². The highest BCUT2D eigenvalue weighted by Crippen LogP contribution is 2.22. The van der Waals surface area contributed by atoms with Crippen molar-refractivity contribution < 1.29 is 8.78 Å². The van der Waals surface area contributed by atoms with E-state index in [4.69, 9.17) is 0 Å². The molecule has 0 atom stereocenters. The molecule has 0 aliphatic rings. The molecule has 2 aromatic carbocycles. The molecule has 1 aromatic heterocycles. The molecule has 0 aliphatic carbocycles. The minimum atomic E-state index is -0.717. The zero-order valence-electron chi connectivity index (χ0n) is 11.6. The first-order chi connectivity index (χ1) is 11.1. The molecule has 3 aromatic rings. The molecule has 3 rings (SSSR count). The number of hydrogen-bond donors (Lipinski definition) is 2. The van der Waals surface area contributed by atoms with Crippen LogP contribution in [-0.2, 0) is 0 Å². The van der Waals surface area contributed by atoms with Gasteiger partial charge in [-0.3, -0.25) is 0 Å². The van der Waals surface area contributed by atoms with Crippen LogP contribution in [0.5, 0.6) is 0 Å². The topological polar surface area (TPSA) is 62.7 Å². The van der Waals surface area contributed by atoms with Gasteiger partial charge in [0.1, 0.15) is 17.3 Å². The van der Waals surface area contributed by atoms with Crippen LogP contribution in [0, 0.1) is 11.6 Å². The average Bonchev–Trinajstić information content (AvgIpc) is 2.54. The largest absolute Gasteiger partial charge is 0.334 e. The lowest BCUT2D eigenvalue weighted by molar-refractivity contribution is 0.590. The lowest BCUT2D eigenvalue weighted by Gasteiger charge is -2.09. The molecule has 0 aliphatic heterocycles. The second-order valence-corrected chi connectivity index (χ2v) is 5.43. The second kappa shape index (κ2) is 6.66. The van der Waals surface area contributed by atoms with Crippen LogP contribution in [0.4, 0.5) is 31.9 Å². The maximum Gasteiger partial charge on any atom is 0.249 e. The van der Waals surface area contributed by atoms with Crippen LogP contribution in [0.15, 0.2) is 53.1 Å². The summed E-state index contributed by atoms with van der Waals surface area (Å²) in [5.74, 6) is -1.06. The molecule has 5 nitrogen and oxygen atoms in total. The van der Waals surface area contributed by atoms with Crippen molar-refractivity contribution in [1.29, 1.82) is 0 Å². The predicted molar refractivity (Wildman–Crippen MR) is 86.9 cm³/mol. The van der Waals surface area contributed by atoms with Crippen molar-refractivity contribution in [2.75, 3.05) is 10.6 Å².